The van der Waals surface area contributed by atoms with Gasteiger partial charge in [-0.1, -0.05) is 5.92 Å². The maximum atomic E-state index is 9.22. The second-order valence-corrected chi connectivity index (χ2v) is 4.20. The van der Waals surface area contributed by atoms with Crippen molar-refractivity contribution in [2.75, 3.05) is 5.75 Å². The first kappa shape index (κ1) is 10.8. The molecule has 16 heavy (non-hydrogen) atoms. The van der Waals surface area contributed by atoms with Crippen molar-refractivity contribution >= 4 is 17.5 Å². The standard InChI is InChI=1S/C12H10N2OS/c1-9-7-16-8-11(14-9)3-2-10-4-12(15)6-13-5-10/h4-6,8,15H,7H2,1H3. The van der Waals surface area contributed by atoms with E-state index in [2.05, 4.69) is 21.8 Å². The number of pyridine rings is 1. The second kappa shape index (κ2) is 4.86. The van der Waals surface area contributed by atoms with Crippen LogP contribution >= 0.6 is 11.8 Å². The lowest BCUT2D eigenvalue weighted by Crippen LogP contribution is -1.98. The zero-order chi connectivity index (χ0) is 11.4. The van der Waals surface area contributed by atoms with Gasteiger partial charge in [0.05, 0.1) is 6.20 Å². The molecule has 2 heterocycles. The van der Waals surface area contributed by atoms with Crippen LogP contribution in [0.2, 0.25) is 0 Å². The zero-order valence-corrected chi connectivity index (χ0v) is 9.58. The third-order valence-electron chi connectivity index (χ3n) is 1.86. The molecule has 0 spiro atoms. The lowest BCUT2D eigenvalue weighted by Gasteiger charge is -2.03. The Balaban J connectivity index is 2.19. The van der Waals surface area contributed by atoms with Crippen LogP contribution in [0.15, 0.2) is 34.6 Å². The van der Waals surface area contributed by atoms with Crippen LogP contribution < -0.4 is 0 Å². The Hall–Kier alpha value is -1.73. The van der Waals surface area contributed by atoms with Crippen molar-refractivity contribution in [1.29, 1.82) is 0 Å². The maximum absolute atomic E-state index is 9.22. The monoisotopic (exact) mass is 230 g/mol. The van der Waals surface area contributed by atoms with Crippen LogP contribution in [0, 0.1) is 11.8 Å². The Morgan fingerprint density at radius 1 is 1.38 bits per heavy atom. The Morgan fingerprint density at radius 3 is 3.00 bits per heavy atom. The molecule has 0 aliphatic carbocycles. The molecule has 0 atom stereocenters. The number of allylic oxidation sites excluding steroid dienone is 1. The number of aromatic hydroxyl groups is 1. The average Bonchev–Trinajstić information content (AvgIpc) is 2.27. The summed E-state index contributed by atoms with van der Waals surface area (Å²) in [5.74, 6) is 6.91. The fourth-order valence-corrected chi connectivity index (χ4v) is 1.85. The topological polar surface area (TPSA) is 45.5 Å². The molecule has 1 aliphatic heterocycles. The van der Waals surface area contributed by atoms with E-state index < -0.39 is 0 Å². The number of rotatable bonds is 0. The fourth-order valence-electron chi connectivity index (χ4n) is 1.20. The molecule has 0 saturated carbocycles. The van der Waals surface area contributed by atoms with Crippen molar-refractivity contribution in [3.63, 3.8) is 0 Å². The molecule has 1 aromatic heterocycles. The summed E-state index contributed by atoms with van der Waals surface area (Å²) >= 11 is 1.69. The van der Waals surface area contributed by atoms with Gasteiger partial charge in [0.25, 0.3) is 0 Å². The first-order valence-corrected chi connectivity index (χ1v) is 5.81. The number of hydrogen-bond donors (Lipinski definition) is 1. The molecular formula is C12H10N2OS. The second-order valence-electron chi connectivity index (χ2n) is 3.34. The lowest BCUT2D eigenvalue weighted by atomic mass is 10.3. The van der Waals surface area contributed by atoms with Gasteiger partial charge in [0.2, 0.25) is 0 Å². The molecule has 0 unspecified atom stereocenters. The highest BCUT2D eigenvalue weighted by Crippen LogP contribution is 2.15. The van der Waals surface area contributed by atoms with Crippen LogP contribution in [0.25, 0.3) is 0 Å². The Bertz CT molecular complexity index is 523. The molecule has 80 valence electrons. The van der Waals surface area contributed by atoms with Gasteiger partial charge in [-0.25, -0.2) is 4.99 Å². The van der Waals surface area contributed by atoms with Crippen molar-refractivity contribution in [3.05, 3.63) is 35.1 Å². The first-order valence-electron chi connectivity index (χ1n) is 4.76. The summed E-state index contributed by atoms with van der Waals surface area (Å²) in [6.07, 6.45) is 2.99. The molecule has 0 amide bonds. The Morgan fingerprint density at radius 2 is 2.25 bits per heavy atom. The van der Waals surface area contributed by atoms with Gasteiger partial charge >= 0.3 is 0 Å². The molecular weight excluding hydrogens is 220 g/mol. The minimum absolute atomic E-state index is 0.124. The maximum Gasteiger partial charge on any atom is 0.135 e. The quantitative estimate of drug-likeness (QED) is 0.695. The summed E-state index contributed by atoms with van der Waals surface area (Å²) in [5.41, 5.74) is 2.52. The Labute approximate surface area is 98.3 Å². The normalized spacial score (nSPS) is 14.6. The van der Waals surface area contributed by atoms with Crippen molar-refractivity contribution in [2.24, 2.45) is 4.99 Å². The average molecular weight is 230 g/mol. The van der Waals surface area contributed by atoms with E-state index in [1.54, 1.807) is 24.0 Å². The van der Waals surface area contributed by atoms with Gasteiger partial charge in [-0.3, -0.25) is 4.98 Å². The smallest absolute Gasteiger partial charge is 0.135 e. The zero-order valence-electron chi connectivity index (χ0n) is 8.77. The lowest BCUT2D eigenvalue weighted by molar-refractivity contribution is 0.472. The molecule has 1 N–H and O–H groups in total. The van der Waals surface area contributed by atoms with Crippen molar-refractivity contribution in [2.45, 2.75) is 6.92 Å². The van der Waals surface area contributed by atoms with Gasteiger partial charge in [0.1, 0.15) is 11.4 Å². The van der Waals surface area contributed by atoms with E-state index in [0.29, 0.717) is 5.56 Å². The number of nitrogens with zero attached hydrogens (tertiary/aromatic N) is 2. The molecule has 1 aromatic rings. The molecule has 0 bridgehead atoms. The summed E-state index contributed by atoms with van der Waals surface area (Å²) in [6.45, 7) is 1.98. The van der Waals surface area contributed by atoms with Crippen LogP contribution in [0.5, 0.6) is 5.75 Å². The minimum atomic E-state index is 0.124. The summed E-state index contributed by atoms with van der Waals surface area (Å²) in [7, 11) is 0. The van der Waals surface area contributed by atoms with E-state index in [1.807, 2.05) is 12.3 Å². The predicted molar refractivity (Wildman–Crippen MR) is 66.4 cm³/mol. The number of aromatic nitrogens is 1. The van der Waals surface area contributed by atoms with E-state index in [9.17, 15) is 5.11 Å². The summed E-state index contributed by atoms with van der Waals surface area (Å²) in [5, 5.41) is 11.2. The van der Waals surface area contributed by atoms with Gasteiger partial charge in [-0.2, -0.15) is 0 Å². The van der Waals surface area contributed by atoms with E-state index in [-0.39, 0.29) is 5.75 Å². The minimum Gasteiger partial charge on any atom is -0.506 e. The van der Waals surface area contributed by atoms with Crippen LogP contribution in [-0.4, -0.2) is 21.6 Å². The van der Waals surface area contributed by atoms with Crippen LogP contribution in [0.3, 0.4) is 0 Å². The van der Waals surface area contributed by atoms with Crippen LogP contribution in [0.1, 0.15) is 12.5 Å². The number of thioether (sulfide) groups is 1. The Kier molecular flexibility index (Phi) is 3.28. The summed E-state index contributed by atoms with van der Waals surface area (Å²) in [4.78, 5) is 8.17. The van der Waals surface area contributed by atoms with E-state index in [4.69, 9.17) is 0 Å². The first-order chi connectivity index (χ1) is 7.74. The van der Waals surface area contributed by atoms with Crippen LogP contribution in [0.4, 0.5) is 0 Å². The van der Waals surface area contributed by atoms with E-state index in [1.165, 1.54) is 6.20 Å². The van der Waals surface area contributed by atoms with Crippen molar-refractivity contribution < 1.29 is 5.11 Å². The molecule has 0 fully saturated rings. The fraction of sp³-hybridized carbons (Fsp3) is 0.167. The van der Waals surface area contributed by atoms with Gasteiger partial charge < -0.3 is 5.11 Å². The SMILES string of the molecule is CC1=NC(C#Cc2cncc(O)c2)=CSC1. The largest absolute Gasteiger partial charge is 0.506 e. The molecule has 2 rings (SSSR count). The molecule has 0 radical (unpaired) electrons. The van der Waals surface area contributed by atoms with Gasteiger partial charge in [-0.15, -0.1) is 11.8 Å². The van der Waals surface area contributed by atoms with Gasteiger partial charge in [0, 0.05) is 28.6 Å². The van der Waals surface area contributed by atoms with Gasteiger partial charge in [0.15, 0.2) is 0 Å². The molecule has 1 aliphatic rings. The number of aliphatic imine (C=N–C) groups is 1. The molecule has 0 aromatic carbocycles. The third-order valence-corrected chi connectivity index (χ3v) is 2.83. The molecule has 4 heteroatoms. The molecule has 0 saturated heterocycles. The number of hydrogen-bond acceptors (Lipinski definition) is 4. The van der Waals surface area contributed by atoms with E-state index >= 15 is 0 Å². The predicted octanol–water partition coefficient (Wildman–Crippen LogP) is 2.19. The summed E-state index contributed by atoms with van der Waals surface area (Å²) in [6, 6.07) is 1.58. The highest BCUT2D eigenvalue weighted by atomic mass is 32.2. The summed E-state index contributed by atoms with van der Waals surface area (Å²) < 4.78 is 0. The van der Waals surface area contributed by atoms with Crippen LogP contribution in [-0.2, 0) is 0 Å². The highest BCUT2D eigenvalue weighted by molar-refractivity contribution is 8.02. The van der Waals surface area contributed by atoms with Gasteiger partial charge in [-0.05, 0) is 18.9 Å². The van der Waals surface area contributed by atoms with Crippen molar-refractivity contribution in [3.8, 4) is 17.6 Å². The third kappa shape index (κ3) is 2.88. The van der Waals surface area contributed by atoms with E-state index in [0.717, 1.165) is 17.2 Å². The highest BCUT2D eigenvalue weighted by Gasteiger charge is 2.00. The van der Waals surface area contributed by atoms with Crippen molar-refractivity contribution in [1.82, 2.24) is 4.98 Å². The molecule has 3 nitrogen and oxygen atoms in total.